The van der Waals surface area contributed by atoms with Crippen molar-refractivity contribution in [2.24, 2.45) is 0 Å². The first-order valence-corrected chi connectivity index (χ1v) is 7.82. The molecule has 1 fully saturated rings. The van der Waals surface area contributed by atoms with Crippen LogP contribution < -0.4 is 5.32 Å². The number of hydrogen-bond acceptors (Lipinski definition) is 3. The van der Waals surface area contributed by atoms with Crippen molar-refractivity contribution >= 4 is 28.7 Å². The van der Waals surface area contributed by atoms with Gasteiger partial charge in [-0.15, -0.1) is 11.6 Å². The van der Waals surface area contributed by atoms with Gasteiger partial charge in [0.15, 0.2) is 5.65 Å². The summed E-state index contributed by atoms with van der Waals surface area (Å²) in [6, 6.07) is 0.185. The van der Waals surface area contributed by atoms with Crippen LogP contribution in [-0.4, -0.2) is 31.8 Å². The molecule has 1 amide bonds. The second kappa shape index (κ2) is 5.33. The predicted molar refractivity (Wildman–Crippen MR) is 81.5 cm³/mol. The number of alkyl halides is 1. The third-order valence-electron chi connectivity index (χ3n) is 4.03. The molecule has 0 saturated carbocycles. The Kier molecular flexibility index (Phi) is 3.65. The molecule has 1 aliphatic rings. The van der Waals surface area contributed by atoms with Crippen molar-refractivity contribution in [3.8, 4) is 0 Å². The highest BCUT2D eigenvalue weighted by Gasteiger charge is 2.28. The summed E-state index contributed by atoms with van der Waals surface area (Å²) in [6.07, 6.45) is 1.35. The van der Waals surface area contributed by atoms with Crippen LogP contribution in [0.1, 0.15) is 49.6 Å². The fraction of sp³-hybridized carbons (Fsp3) is 0.643. The number of nitrogens with one attached hydrogen (secondary N) is 1. The molecule has 0 aliphatic carbocycles. The zero-order valence-corrected chi connectivity index (χ0v) is 13.3. The highest BCUT2D eigenvalue weighted by molar-refractivity contribution is 6.20. The average Bonchev–Trinajstić information content (AvgIpc) is 2.98. The summed E-state index contributed by atoms with van der Waals surface area (Å²) in [5.74, 6) is 0.971. The zero-order chi connectivity index (χ0) is 15.1. The third-order valence-corrected chi connectivity index (χ3v) is 4.23. The second-order valence-electron chi connectivity index (χ2n) is 5.53. The van der Waals surface area contributed by atoms with E-state index in [1.54, 1.807) is 0 Å². The van der Waals surface area contributed by atoms with E-state index in [1.807, 2.05) is 18.5 Å². The predicted octanol–water partition coefficient (Wildman–Crippen LogP) is 2.31. The van der Waals surface area contributed by atoms with Gasteiger partial charge in [0.2, 0.25) is 5.91 Å². The van der Waals surface area contributed by atoms with E-state index >= 15 is 0 Å². The van der Waals surface area contributed by atoms with Gasteiger partial charge in [0.05, 0.1) is 17.1 Å². The minimum absolute atomic E-state index is 0.114. The van der Waals surface area contributed by atoms with E-state index in [4.69, 9.17) is 16.6 Å². The summed E-state index contributed by atoms with van der Waals surface area (Å²) in [5, 5.41) is 7.30. The normalized spacial score (nSPS) is 20.8. The number of fused-ring (bicyclic) bond motifs is 1. The Hall–Kier alpha value is -1.56. The molecule has 0 radical (unpaired) electrons. The fourth-order valence-electron chi connectivity index (χ4n) is 3.01. The van der Waals surface area contributed by atoms with Crippen molar-refractivity contribution in [1.82, 2.24) is 24.6 Å². The van der Waals surface area contributed by atoms with E-state index in [0.717, 1.165) is 35.6 Å². The molecule has 6 nitrogen and oxygen atoms in total. The second-order valence-corrected chi connectivity index (χ2v) is 6.18. The van der Waals surface area contributed by atoms with Crippen molar-refractivity contribution in [3.05, 3.63) is 11.5 Å². The maximum Gasteiger partial charge on any atom is 0.220 e. The van der Waals surface area contributed by atoms with Gasteiger partial charge in [0, 0.05) is 19.5 Å². The molecule has 21 heavy (non-hydrogen) atoms. The van der Waals surface area contributed by atoms with Crippen molar-refractivity contribution in [2.45, 2.75) is 51.6 Å². The molecule has 0 bridgehead atoms. The number of hydrogen-bond donors (Lipinski definition) is 1. The standard InChI is InChI=1S/C14H20ClN5O/c1-4-19-14-12(9(3)18-19)17-13(8(2)15)20(14)10-5-6-11(21)16-7-10/h8,10H,4-7H2,1-3H3,(H,16,21). The Morgan fingerprint density at radius 2 is 2.29 bits per heavy atom. The number of carbonyl (C=O) groups excluding carboxylic acids is 1. The molecular weight excluding hydrogens is 290 g/mol. The van der Waals surface area contributed by atoms with Gasteiger partial charge in [-0.2, -0.15) is 5.10 Å². The van der Waals surface area contributed by atoms with Crippen molar-refractivity contribution < 1.29 is 4.79 Å². The Balaban J connectivity index is 2.17. The number of aromatic nitrogens is 4. The Bertz CT molecular complexity index is 677. The van der Waals surface area contributed by atoms with Gasteiger partial charge in [0.1, 0.15) is 11.3 Å². The molecule has 2 unspecified atom stereocenters. The van der Waals surface area contributed by atoms with Crippen molar-refractivity contribution in [1.29, 1.82) is 0 Å². The number of piperidine rings is 1. The number of carbonyl (C=O) groups is 1. The Morgan fingerprint density at radius 3 is 2.86 bits per heavy atom. The summed E-state index contributed by atoms with van der Waals surface area (Å²) in [7, 11) is 0. The van der Waals surface area contributed by atoms with Gasteiger partial charge in [-0.3, -0.25) is 4.79 Å². The van der Waals surface area contributed by atoms with Gasteiger partial charge in [-0.1, -0.05) is 0 Å². The lowest BCUT2D eigenvalue weighted by Crippen LogP contribution is -2.37. The largest absolute Gasteiger partial charge is 0.354 e. The molecule has 3 rings (SSSR count). The third kappa shape index (κ3) is 2.31. The number of imidazole rings is 1. The Morgan fingerprint density at radius 1 is 1.52 bits per heavy atom. The number of nitrogens with zero attached hydrogens (tertiary/aromatic N) is 4. The number of amides is 1. The summed E-state index contributed by atoms with van der Waals surface area (Å²) in [5.41, 5.74) is 2.85. The summed E-state index contributed by atoms with van der Waals surface area (Å²) in [4.78, 5) is 16.1. The number of aryl methyl sites for hydroxylation is 2. The quantitative estimate of drug-likeness (QED) is 0.885. The lowest BCUT2D eigenvalue weighted by atomic mass is 10.1. The van der Waals surface area contributed by atoms with Crippen molar-refractivity contribution in [3.63, 3.8) is 0 Å². The van der Waals surface area contributed by atoms with Crippen LogP contribution >= 0.6 is 11.6 Å². The minimum Gasteiger partial charge on any atom is -0.354 e. The first kappa shape index (κ1) is 14.4. The lowest BCUT2D eigenvalue weighted by molar-refractivity contribution is -0.122. The van der Waals surface area contributed by atoms with Crippen LogP contribution in [0.3, 0.4) is 0 Å². The van der Waals surface area contributed by atoms with E-state index in [1.165, 1.54) is 0 Å². The Labute approximate surface area is 128 Å². The lowest BCUT2D eigenvalue weighted by Gasteiger charge is -2.26. The molecule has 0 spiro atoms. The number of halogens is 1. The van der Waals surface area contributed by atoms with Crippen LogP contribution in [0.2, 0.25) is 0 Å². The maximum absolute atomic E-state index is 11.4. The molecule has 2 aromatic rings. The highest BCUT2D eigenvalue weighted by atomic mass is 35.5. The number of rotatable bonds is 3. The van der Waals surface area contributed by atoms with Gasteiger partial charge < -0.3 is 9.88 Å². The van der Waals surface area contributed by atoms with Gasteiger partial charge in [0.25, 0.3) is 0 Å². The molecule has 2 aromatic heterocycles. The monoisotopic (exact) mass is 309 g/mol. The smallest absolute Gasteiger partial charge is 0.220 e. The molecule has 1 saturated heterocycles. The first-order valence-electron chi connectivity index (χ1n) is 7.39. The van der Waals surface area contributed by atoms with E-state index in [2.05, 4.69) is 21.9 Å². The highest BCUT2D eigenvalue weighted by Crippen LogP contribution is 2.32. The van der Waals surface area contributed by atoms with Crippen LogP contribution in [0.4, 0.5) is 0 Å². The minimum atomic E-state index is -0.181. The van der Waals surface area contributed by atoms with E-state index in [-0.39, 0.29) is 17.3 Å². The van der Waals surface area contributed by atoms with E-state index in [9.17, 15) is 4.79 Å². The van der Waals surface area contributed by atoms with E-state index in [0.29, 0.717) is 13.0 Å². The van der Waals surface area contributed by atoms with Crippen molar-refractivity contribution in [2.75, 3.05) is 6.54 Å². The van der Waals surface area contributed by atoms with Crippen LogP contribution in [0.15, 0.2) is 0 Å². The van der Waals surface area contributed by atoms with Crippen LogP contribution in [-0.2, 0) is 11.3 Å². The van der Waals surface area contributed by atoms with Crippen LogP contribution in [0.5, 0.6) is 0 Å². The van der Waals surface area contributed by atoms with Gasteiger partial charge in [-0.25, -0.2) is 9.67 Å². The molecule has 2 atom stereocenters. The van der Waals surface area contributed by atoms with Crippen LogP contribution in [0.25, 0.3) is 11.2 Å². The first-order chi connectivity index (χ1) is 10.0. The molecule has 1 aliphatic heterocycles. The molecule has 1 N–H and O–H groups in total. The van der Waals surface area contributed by atoms with E-state index < -0.39 is 0 Å². The van der Waals surface area contributed by atoms with Gasteiger partial charge in [-0.05, 0) is 27.2 Å². The molecule has 0 aromatic carbocycles. The fourth-order valence-corrected chi connectivity index (χ4v) is 3.16. The topological polar surface area (TPSA) is 64.7 Å². The summed E-state index contributed by atoms with van der Waals surface area (Å²) < 4.78 is 4.15. The SMILES string of the molecule is CCn1nc(C)c2nc(C(C)Cl)n(C3CCC(=O)NC3)c21. The maximum atomic E-state index is 11.4. The van der Waals surface area contributed by atoms with Crippen LogP contribution in [0, 0.1) is 6.92 Å². The molecule has 114 valence electrons. The summed E-state index contributed by atoms with van der Waals surface area (Å²) >= 11 is 6.33. The molecule has 3 heterocycles. The van der Waals surface area contributed by atoms with Gasteiger partial charge >= 0.3 is 0 Å². The summed E-state index contributed by atoms with van der Waals surface area (Å²) in [6.45, 7) is 7.37. The molecule has 7 heteroatoms. The molecular formula is C14H20ClN5O. The average molecular weight is 310 g/mol. The zero-order valence-electron chi connectivity index (χ0n) is 12.6.